The third-order valence-electron chi connectivity index (χ3n) is 2.99. The second-order valence-corrected chi connectivity index (χ2v) is 4.82. The highest BCUT2D eigenvalue weighted by molar-refractivity contribution is 5.38. The van der Waals surface area contributed by atoms with E-state index in [1.54, 1.807) is 0 Å². The van der Waals surface area contributed by atoms with Crippen LogP contribution in [0.3, 0.4) is 0 Å². The van der Waals surface area contributed by atoms with Gasteiger partial charge in [-0.15, -0.1) is 0 Å². The molecule has 1 fully saturated rings. The summed E-state index contributed by atoms with van der Waals surface area (Å²) in [6, 6.07) is 0. The van der Waals surface area contributed by atoms with E-state index in [0.29, 0.717) is 0 Å². The number of allylic oxidation sites excluding steroid dienone is 3. The zero-order chi connectivity index (χ0) is 12.4. The van der Waals surface area contributed by atoms with E-state index >= 15 is 0 Å². The number of rotatable bonds is 1. The summed E-state index contributed by atoms with van der Waals surface area (Å²) in [5.74, 6) is 0. The van der Waals surface area contributed by atoms with Gasteiger partial charge in [-0.25, -0.2) is 0 Å². The molecule has 0 bridgehead atoms. The molecule has 0 aromatic rings. The summed E-state index contributed by atoms with van der Waals surface area (Å²) >= 11 is 0. The second kappa shape index (κ2) is 4.82. The molecule has 3 heteroatoms. The van der Waals surface area contributed by atoms with Crippen molar-refractivity contribution in [2.24, 2.45) is 5.73 Å². The fraction of sp³-hybridized carbons (Fsp3) is 0.500. The van der Waals surface area contributed by atoms with Crippen LogP contribution in [0.15, 0.2) is 40.9 Å². The minimum absolute atomic E-state index is 0.259. The topological polar surface area (TPSA) is 38.5 Å². The van der Waals surface area contributed by atoms with Crippen LogP contribution in [0.4, 0.5) is 0 Å². The first kappa shape index (κ1) is 12.0. The molecule has 1 aliphatic heterocycles. The monoisotopic (exact) mass is 232 g/mol. The van der Waals surface area contributed by atoms with Crippen LogP contribution in [0.5, 0.6) is 0 Å². The van der Waals surface area contributed by atoms with E-state index in [4.69, 9.17) is 10.5 Å². The van der Waals surface area contributed by atoms with Crippen molar-refractivity contribution in [1.82, 2.24) is 4.90 Å². The number of ether oxygens (including phenoxy) is 1. The van der Waals surface area contributed by atoms with Crippen molar-refractivity contribution < 1.29 is 4.74 Å². The van der Waals surface area contributed by atoms with Crippen molar-refractivity contribution in [3.8, 4) is 0 Å². The molecule has 0 aromatic carbocycles. The predicted molar refractivity (Wildman–Crippen MR) is 69.2 cm³/mol. The third-order valence-corrected chi connectivity index (χ3v) is 2.99. The maximum atomic E-state index is 5.83. The van der Waals surface area contributed by atoms with Crippen LogP contribution < -0.4 is 5.73 Å². The fourth-order valence-electron chi connectivity index (χ4n) is 2.40. The summed E-state index contributed by atoms with van der Waals surface area (Å²) in [5.41, 5.74) is 12.2. The highest BCUT2D eigenvalue weighted by Crippen LogP contribution is 2.22. The average Bonchev–Trinajstić information content (AvgIpc) is 2.37. The molecule has 2 rings (SSSR count). The molecule has 92 valence electrons. The van der Waals surface area contributed by atoms with Gasteiger partial charge in [-0.2, -0.15) is 0 Å². The van der Waals surface area contributed by atoms with E-state index in [-0.39, 0.29) is 12.2 Å². The molecule has 2 N–H and O–H groups in total. The lowest BCUT2D eigenvalue weighted by molar-refractivity contribution is -0.0570. The van der Waals surface area contributed by atoms with Crippen LogP contribution >= 0.6 is 0 Å². The zero-order valence-corrected chi connectivity index (χ0v) is 10.7. The van der Waals surface area contributed by atoms with Crippen molar-refractivity contribution in [1.29, 1.82) is 0 Å². The largest absolute Gasteiger partial charge is 0.399 e. The molecule has 0 radical (unpaired) electrons. The Morgan fingerprint density at radius 3 is 2.65 bits per heavy atom. The zero-order valence-electron chi connectivity index (χ0n) is 10.7. The molecular weight excluding hydrogens is 212 g/mol. The van der Waals surface area contributed by atoms with Gasteiger partial charge in [-0.05, 0) is 44.6 Å². The van der Waals surface area contributed by atoms with Gasteiger partial charge in [0.25, 0.3) is 0 Å². The molecule has 2 aliphatic rings. The van der Waals surface area contributed by atoms with Gasteiger partial charge in [0.1, 0.15) is 0 Å². The first-order valence-electron chi connectivity index (χ1n) is 6.08. The van der Waals surface area contributed by atoms with Crippen LogP contribution in [0.1, 0.15) is 20.8 Å². The molecule has 3 nitrogen and oxygen atoms in total. The predicted octanol–water partition coefficient (Wildman–Crippen LogP) is 1.94. The molecule has 1 heterocycles. The van der Waals surface area contributed by atoms with Gasteiger partial charge in [-0.3, -0.25) is 0 Å². The van der Waals surface area contributed by atoms with E-state index < -0.39 is 0 Å². The first-order valence-corrected chi connectivity index (χ1v) is 6.08. The lowest BCUT2D eigenvalue weighted by Crippen LogP contribution is -2.44. The molecule has 1 aliphatic carbocycles. The van der Waals surface area contributed by atoms with Crippen LogP contribution in [0, 0.1) is 0 Å². The molecular formula is C14H20N2O. The van der Waals surface area contributed by atoms with Gasteiger partial charge >= 0.3 is 0 Å². The van der Waals surface area contributed by atoms with Crippen molar-refractivity contribution >= 4 is 0 Å². The van der Waals surface area contributed by atoms with Crippen molar-refractivity contribution in [2.75, 3.05) is 13.1 Å². The van der Waals surface area contributed by atoms with Crippen LogP contribution in [-0.2, 0) is 4.74 Å². The second-order valence-electron chi connectivity index (χ2n) is 4.82. The molecule has 0 aromatic heterocycles. The standard InChI is InChI=1S/C14H20N2O/c1-10-7-13(15)5-4-6-14(10)16-8-11(2)17-12(3)9-16/h4-5,7,11-12H,8-9,15H2,1-3H3/t11-,12+. The van der Waals surface area contributed by atoms with E-state index in [1.165, 1.54) is 0 Å². The quantitative estimate of drug-likeness (QED) is 0.702. The summed E-state index contributed by atoms with van der Waals surface area (Å²) in [6.45, 7) is 8.11. The van der Waals surface area contributed by atoms with Gasteiger partial charge in [0.15, 0.2) is 0 Å². The third kappa shape index (κ3) is 2.82. The van der Waals surface area contributed by atoms with Gasteiger partial charge in [-0.1, -0.05) is 5.73 Å². The molecule has 0 saturated carbocycles. The van der Waals surface area contributed by atoms with Crippen molar-refractivity contribution in [3.63, 3.8) is 0 Å². The smallest absolute Gasteiger partial charge is 0.0831 e. The van der Waals surface area contributed by atoms with Crippen LogP contribution in [-0.4, -0.2) is 30.2 Å². The molecule has 17 heavy (non-hydrogen) atoms. The van der Waals surface area contributed by atoms with Gasteiger partial charge in [0, 0.05) is 18.8 Å². The normalized spacial score (nSPS) is 29.4. The maximum Gasteiger partial charge on any atom is 0.0831 e. The van der Waals surface area contributed by atoms with E-state index in [0.717, 1.165) is 30.1 Å². The highest BCUT2D eigenvalue weighted by atomic mass is 16.5. The Labute approximate surface area is 103 Å². The highest BCUT2D eigenvalue weighted by Gasteiger charge is 2.24. The molecule has 0 spiro atoms. The minimum Gasteiger partial charge on any atom is -0.399 e. The number of hydrogen-bond acceptors (Lipinski definition) is 3. The lowest BCUT2D eigenvalue weighted by Gasteiger charge is -2.37. The fourth-order valence-corrected chi connectivity index (χ4v) is 2.40. The molecule has 0 amide bonds. The Morgan fingerprint density at radius 2 is 2.00 bits per heavy atom. The number of nitrogens with zero attached hydrogens (tertiary/aromatic N) is 1. The Balaban J connectivity index is 2.23. The van der Waals surface area contributed by atoms with Crippen LogP contribution in [0.25, 0.3) is 0 Å². The van der Waals surface area contributed by atoms with Gasteiger partial charge < -0.3 is 15.4 Å². The van der Waals surface area contributed by atoms with E-state index in [1.807, 2.05) is 18.2 Å². The number of nitrogens with two attached hydrogens (primary N) is 1. The van der Waals surface area contributed by atoms with Crippen LogP contribution in [0.2, 0.25) is 0 Å². The number of hydrogen-bond donors (Lipinski definition) is 1. The average molecular weight is 232 g/mol. The van der Waals surface area contributed by atoms with Crippen molar-refractivity contribution in [2.45, 2.75) is 33.0 Å². The Kier molecular flexibility index (Phi) is 3.41. The van der Waals surface area contributed by atoms with Crippen molar-refractivity contribution in [3.05, 3.63) is 40.9 Å². The van der Waals surface area contributed by atoms with E-state index in [9.17, 15) is 0 Å². The SMILES string of the molecule is CC1=CC(N)=CC=C=C1N1C[C@@H](C)O[C@@H](C)C1. The summed E-state index contributed by atoms with van der Waals surface area (Å²) in [7, 11) is 0. The Hall–Kier alpha value is -1.44. The summed E-state index contributed by atoms with van der Waals surface area (Å²) in [4.78, 5) is 2.33. The van der Waals surface area contributed by atoms with E-state index in [2.05, 4.69) is 31.4 Å². The van der Waals surface area contributed by atoms with Gasteiger partial charge in [0.05, 0.1) is 17.9 Å². The Bertz CT molecular complexity index is 418. The lowest BCUT2D eigenvalue weighted by atomic mass is 10.1. The number of morpholine rings is 1. The minimum atomic E-state index is 0.259. The molecule has 1 saturated heterocycles. The summed E-state index contributed by atoms with van der Waals surface area (Å²) in [6.07, 6.45) is 6.28. The summed E-state index contributed by atoms with van der Waals surface area (Å²) < 4.78 is 5.74. The molecule has 0 unspecified atom stereocenters. The summed E-state index contributed by atoms with van der Waals surface area (Å²) in [5, 5.41) is 0. The van der Waals surface area contributed by atoms with Gasteiger partial charge in [0.2, 0.25) is 0 Å². The first-order chi connectivity index (χ1) is 8.06. The Morgan fingerprint density at radius 1 is 1.35 bits per heavy atom. The maximum absolute atomic E-state index is 5.83. The molecule has 2 atom stereocenters.